The maximum Gasteiger partial charge on any atom is 0.248 e. The van der Waals surface area contributed by atoms with E-state index >= 15 is 0 Å². The van der Waals surface area contributed by atoms with Gasteiger partial charge in [0.05, 0.1) is 0 Å². The molecule has 100 valence electrons. The molecule has 0 saturated heterocycles. The highest BCUT2D eigenvalue weighted by molar-refractivity contribution is 5.26. The van der Waals surface area contributed by atoms with E-state index in [2.05, 4.69) is 36.2 Å². The van der Waals surface area contributed by atoms with Gasteiger partial charge in [-0.3, -0.25) is 4.79 Å². The highest BCUT2D eigenvalue weighted by atomic mass is 16.1. The number of hydrogen-bond acceptors (Lipinski definition) is 3. The third-order valence-corrected chi connectivity index (χ3v) is 3.87. The Morgan fingerprint density at radius 1 is 1.50 bits per heavy atom. The number of H-pyrrole nitrogens is 1. The van der Waals surface area contributed by atoms with Crippen molar-refractivity contribution in [2.45, 2.75) is 38.3 Å². The van der Waals surface area contributed by atoms with Gasteiger partial charge in [0.2, 0.25) is 5.56 Å². The SMILES string of the molecule is CC(CNC1CCCc2[nH]c(=O)ccc21)N(C)C. The third-order valence-electron chi connectivity index (χ3n) is 3.87. The Hall–Kier alpha value is -1.13. The van der Waals surface area contributed by atoms with E-state index in [-0.39, 0.29) is 5.56 Å². The van der Waals surface area contributed by atoms with E-state index in [0.29, 0.717) is 12.1 Å². The summed E-state index contributed by atoms with van der Waals surface area (Å²) in [7, 11) is 4.19. The smallest absolute Gasteiger partial charge is 0.248 e. The lowest BCUT2D eigenvalue weighted by molar-refractivity contribution is 0.288. The normalized spacial score (nSPS) is 20.8. The van der Waals surface area contributed by atoms with Crippen LogP contribution >= 0.6 is 0 Å². The van der Waals surface area contributed by atoms with Crippen LogP contribution in [0.4, 0.5) is 0 Å². The molecule has 4 heteroatoms. The fraction of sp³-hybridized carbons (Fsp3) is 0.643. The minimum Gasteiger partial charge on any atom is -0.326 e. The van der Waals surface area contributed by atoms with Gasteiger partial charge in [0, 0.05) is 30.4 Å². The minimum atomic E-state index is 0.0102. The van der Waals surface area contributed by atoms with Gasteiger partial charge in [-0.2, -0.15) is 0 Å². The van der Waals surface area contributed by atoms with Crippen LogP contribution in [0, 0.1) is 0 Å². The number of aromatic nitrogens is 1. The summed E-state index contributed by atoms with van der Waals surface area (Å²) >= 11 is 0. The quantitative estimate of drug-likeness (QED) is 0.845. The van der Waals surface area contributed by atoms with Gasteiger partial charge in [0.15, 0.2) is 0 Å². The van der Waals surface area contributed by atoms with Gasteiger partial charge in [-0.1, -0.05) is 6.07 Å². The number of nitrogens with one attached hydrogen (secondary N) is 2. The van der Waals surface area contributed by atoms with Crippen LogP contribution in [-0.4, -0.2) is 36.6 Å². The first-order valence-corrected chi connectivity index (χ1v) is 6.70. The average molecular weight is 249 g/mol. The molecule has 2 atom stereocenters. The zero-order chi connectivity index (χ0) is 13.1. The van der Waals surface area contributed by atoms with Crippen molar-refractivity contribution in [1.29, 1.82) is 0 Å². The molecular formula is C14H23N3O. The summed E-state index contributed by atoms with van der Waals surface area (Å²) in [5, 5.41) is 3.61. The molecule has 2 unspecified atom stereocenters. The first-order valence-electron chi connectivity index (χ1n) is 6.70. The van der Waals surface area contributed by atoms with Gasteiger partial charge in [0.1, 0.15) is 0 Å². The number of rotatable bonds is 4. The van der Waals surface area contributed by atoms with Crippen LogP contribution < -0.4 is 10.9 Å². The number of likely N-dealkylation sites (N-methyl/N-ethyl adjacent to an activating group) is 1. The number of fused-ring (bicyclic) bond motifs is 1. The average Bonchev–Trinajstić information content (AvgIpc) is 2.35. The second kappa shape index (κ2) is 5.67. The number of pyridine rings is 1. The Labute approximate surface area is 108 Å². The van der Waals surface area contributed by atoms with E-state index in [4.69, 9.17) is 0 Å². The van der Waals surface area contributed by atoms with E-state index in [1.165, 1.54) is 5.56 Å². The predicted octanol–water partition coefficient (Wildman–Crippen LogP) is 1.29. The molecule has 0 aromatic carbocycles. The number of aromatic amines is 1. The van der Waals surface area contributed by atoms with Crippen molar-refractivity contribution in [3.63, 3.8) is 0 Å². The van der Waals surface area contributed by atoms with Gasteiger partial charge in [0.25, 0.3) is 0 Å². The fourth-order valence-corrected chi connectivity index (χ4v) is 2.41. The Bertz CT molecular complexity index is 453. The fourth-order valence-electron chi connectivity index (χ4n) is 2.41. The van der Waals surface area contributed by atoms with Crippen LogP contribution in [0.15, 0.2) is 16.9 Å². The molecule has 0 bridgehead atoms. The molecule has 0 amide bonds. The van der Waals surface area contributed by atoms with E-state index in [9.17, 15) is 4.79 Å². The standard InChI is InChI=1S/C14H23N3O/c1-10(17(2)3)9-15-12-5-4-6-13-11(12)7-8-14(18)16-13/h7-8,10,12,15H,4-6,9H2,1-3H3,(H,16,18). The molecule has 1 aliphatic carbocycles. The molecule has 1 aliphatic rings. The summed E-state index contributed by atoms with van der Waals surface area (Å²) < 4.78 is 0. The summed E-state index contributed by atoms with van der Waals surface area (Å²) in [6.45, 7) is 3.18. The van der Waals surface area contributed by atoms with Crippen molar-refractivity contribution in [3.05, 3.63) is 33.7 Å². The Morgan fingerprint density at radius 2 is 2.28 bits per heavy atom. The van der Waals surface area contributed by atoms with Crippen molar-refractivity contribution in [2.75, 3.05) is 20.6 Å². The lowest BCUT2D eigenvalue weighted by Crippen LogP contribution is -2.38. The van der Waals surface area contributed by atoms with E-state index in [1.54, 1.807) is 6.07 Å². The van der Waals surface area contributed by atoms with Crippen LogP contribution in [0.25, 0.3) is 0 Å². The number of aryl methyl sites for hydroxylation is 1. The maximum absolute atomic E-state index is 11.3. The summed E-state index contributed by atoms with van der Waals surface area (Å²) in [5.41, 5.74) is 2.40. The van der Waals surface area contributed by atoms with Crippen molar-refractivity contribution >= 4 is 0 Å². The zero-order valence-corrected chi connectivity index (χ0v) is 11.5. The summed E-state index contributed by atoms with van der Waals surface area (Å²) in [5.74, 6) is 0. The van der Waals surface area contributed by atoms with Crippen molar-refractivity contribution in [2.24, 2.45) is 0 Å². The Balaban J connectivity index is 2.06. The third kappa shape index (κ3) is 3.00. The maximum atomic E-state index is 11.3. The van der Waals surface area contributed by atoms with Crippen LogP contribution in [0.2, 0.25) is 0 Å². The Morgan fingerprint density at radius 3 is 3.00 bits per heavy atom. The summed E-state index contributed by atoms with van der Waals surface area (Å²) in [6.07, 6.45) is 3.28. The van der Waals surface area contributed by atoms with Crippen LogP contribution in [0.3, 0.4) is 0 Å². The highest BCUT2D eigenvalue weighted by Crippen LogP contribution is 2.27. The second-order valence-corrected chi connectivity index (χ2v) is 5.42. The molecule has 0 spiro atoms. The van der Waals surface area contributed by atoms with Crippen LogP contribution in [-0.2, 0) is 6.42 Å². The lowest BCUT2D eigenvalue weighted by Gasteiger charge is -2.28. The molecular weight excluding hydrogens is 226 g/mol. The van der Waals surface area contributed by atoms with Crippen LogP contribution in [0.1, 0.15) is 37.1 Å². The predicted molar refractivity (Wildman–Crippen MR) is 73.9 cm³/mol. The first-order chi connectivity index (χ1) is 8.58. The molecule has 1 heterocycles. The largest absolute Gasteiger partial charge is 0.326 e. The van der Waals surface area contributed by atoms with E-state index in [0.717, 1.165) is 31.5 Å². The Kier molecular flexibility index (Phi) is 4.19. The van der Waals surface area contributed by atoms with Crippen molar-refractivity contribution < 1.29 is 0 Å². The number of nitrogens with zero attached hydrogens (tertiary/aromatic N) is 1. The number of hydrogen-bond donors (Lipinski definition) is 2. The van der Waals surface area contributed by atoms with Gasteiger partial charge >= 0.3 is 0 Å². The monoisotopic (exact) mass is 249 g/mol. The van der Waals surface area contributed by atoms with Gasteiger partial charge in [-0.05, 0) is 45.8 Å². The van der Waals surface area contributed by atoms with Crippen molar-refractivity contribution in [3.8, 4) is 0 Å². The first kappa shape index (κ1) is 13.3. The molecule has 2 N–H and O–H groups in total. The summed E-state index contributed by atoms with van der Waals surface area (Å²) in [6, 6.07) is 4.51. The molecule has 2 rings (SSSR count). The van der Waals surface area contributed by atoms with Gasteiger partial charge < -0.3 is 15.2 Å². The molecule has 1 aromatic heterocycles. The molecule has 0 saturated carbocycles. The highest BCUT2D eigenvalue weighted by Gasteiger charge is 2.20. The molecule has 1 aromatic rings. The molecule has 18 heavy (non-hydrogen) atoms. The minimum absolute atomic E-state index is 0.0102. The van der Waals surface area contributed by atoms with Gasteiger partial charge in [-0.15, -0.1) is 0 Å². The molecule has 0 aliphatic heterocycles. The van der Waals surface area contributed by atoms with Gasteiger partial charge in [-0.25, -0.2) is 0 Å². The topological polar surface area (TPSA) is 48.1 Å². The molecule has 0 fully saturated rings. The van der Waals surface area contributed by atoms with E-state index < -0.39 is 0 Å². The molecule has 4 nitrogen and oxygen atoms in total. The summed E-state index contributed by atoms with van der Waals surface area (Å²) in [4.78, 5) is 16.5. The second-order valence-electron chi connectivity index (χ2n) is 5.42. The van der Waals surface area contributed by atoms with Crippen LogP contribution in [0.5, 0.6) is 0 Å². The van der Waals surface area contributed by atoms with E-state index in [1.807, 2.05) is 6.07 Å². The molecule has 0 radical (unpaired) electrons. The van der Waals surface area contributed by atoms with Crippen molar-refractivity contribution in [1.82, 2.24) is 15.2 Å². The lowest BCUT2D eigenvalue weighted by atomic mass is 9.91. The zero-order valence-electron chi connectivity index (χ0n) is 11.5.